The zero-order valence-corrected chi connectivity index (χ0v) is 21.7. The van der Waals surface area contributed by atoms with Gasteiger partial charge < -0.3 is 10.2 Å². The lowest BCUT2D eigenvalue weighted by Gasteiger charge is -2.41. The van der Waals surface area contributed by atoms with Gasteiger partial charge in [-0.25, -0.2) is 0 Å². The van der Waals surface area contributed by atoms with Crippen LogP contribution in [0.1, 0.15) is 63.6 Å². The van der Waals surface area contributed by atoms with Crippen molar-refractivity contribution in [3.05, 3.63) is 81.4 Å². The van der Waals surface area contributed by atoms with Crippen LogP contribution in [0.3, 0.4) is 0 Å². The first-order valence-corrected chi connectivity index (χ1v) is 13.3. The fraction of sp³-hybridized carbons (Fsp3) is 0.387. The molecule has 1 fully saturated rings. The van der Waals surface area contributed by atoms with Gasteiger partial charge >= 0.3 is 0 Å². The second kappa shape index (κ2) is 8.72. The second-order valence-electron chi connectivity index (χ2n) is 11.8. The number of nitro benzene ring substituents is 1. The van der Waals surface area contributed by atoms with E-state index in [0.29, 0.717) is 12.3 Å². The van der Waals surface area contributed by atoms with E-state index in [4.69, 9.17) is 0 Å². The molecule has 190 valence electrons. The summed E-state index contributed by atoms with van der Waals surface area (Å²) in [6.45, 7) is 8.39. The highest BCUT2D eigenvalue weighted by Gasteiger charge is 2.42. The number of ketones is 1. The summed E-state index contributed by atoms with van der Waals surface area (Å²) in [6, 6.07) is 17.3. The van der Waals surface area contributed by atoms with Gasteiger partial charge in [0.1, 0.15) is 0 Å². The fourth-order valence-electron chi connectivity index (χ4n) is 6.65. The Morgan fingerprint density at radius 1 is 1.08 bits per heavy atom. The first kappa shape index (κ1) is 23.7. The van der Waals surface area contributed by atoms with E-state index in [9.17, 15) is 14.9 Å². The number of non-ortho nitro benzene ring substituents is 1. The zero-order chi connectivity index (χ0) is 25.9. The fourth-order valence-corrected chi connectivity index (χ4v) is 6.65. The number of nitrogens with zero attached hydrogens (tertiary/aromatic N) is 2. The molecule has 3 aliphatic rings. The minimum atomic E-state index is -0.431. The van der Waals surface area contributed by atoms with Crippen molar-refractivity contribution in [2.24, 2.45) is 11.3 Å². The van der Waals surface area contributed by atoms with E-state index in [-0.39, 0.29) is 21.8 Å². The van der Waals surface area contributed by atoms with Crippen LogP contribution < -0.4 is 10.2 Å². The molecular weight excluding hydrogens is 462 g/mol. The monoisotopic (exact) mass is 495 g/mol. The highest BCUT2D eigenvalue weighted by atomic mass is 16.6. The van der Waals surface area contributed by atoms with Crippen LogP contribution in [0.4, 0.5) is 17.1 Å². The molecule has 1 N–H and O–H groups in total. The molecule has 0 aromatic heterocycles. The minimum Gasteiger partial charge on any atom is -0.373 e. The number of fused-ring (bicyclic) bond motifs is 4. The second-order valence-corrected chi connectivity index (χ2v) is 11.8. The molecule has 0 bridgehead atoms. The van der Waals surface area contributed by atoms with Gasteiger partial charge in [-0.2, -0.15) is 0 Å². The largest absolute Gasteiger partial charge is 0.373 e. The Balaban J connectivity index is 1.60. The molecule has 1 aliphatic carbocycles. The van der Waals surface area contributed by atoms with Gasteiger partial charge in [0.25, 0.3) is 5.69 Å². The van der Waals surface area contributed by atoms with Crippen molar-refractivity contribution in [3.8, 4) is 0 Å². The number of nitro groups is 1. The van der Waals surface area contributed by atoms with Crippen LogP contribution in [-0.2, 0) is 4.79 Å². The summed E-state index contributed by atoms with van der Waals surface area (Å²) >= 11 is 0. The predicted molar refractivity (Wildman–Crippen MR) is 149 cm³/mol. The van der Waals surface area contributed by atoms with E-state index in [1.165, 1.54) is 6.42 Å². The number of carbonyl (C=O) groups excluding carboxylic acids is 1. The maximum absolute atomic E-state index is 13.9. The quantitative estimate of drug-likeness (QED) is 0.305. The van der Waals surface area contributed by atoms with Crippen LogP contribution in [0.25, 0.3) is 16.3 Å². The Kier molecular flexibility index (Phi) is 5.59. The molecule has 0 spiro atoms. The number of piperidine rings is 1. The maximum Gasteiger partial charge on any atom is 0.269 e. The van der Waals surface area contributed by atoms with Crippen molar-refractivity contribution in [2.75, 3.05) is 23.3 Å². The van der Waals surface area contributed by atoms with Gasteiger partial charge in [0.15, 0.2) is 5.78 Å². The molecule has 6 heteroatoms. The van der Waals surface area contributed by atoms with E-state index in [1.54, 1.807) is 12.1 Å². The number of hydrogen-bond donors (Lipinski definition) is 1. The molecule has 2 aliphatic heterocycles. The van der Waals surface area contributed by atoms with E-state index in [0.717, 1.165) is 70.4 Å². The lowest BCUT2D eigenvalue weighted by atomic mass is 9.67. The van der Waals surface area contributed by atoms with Gasteiger partial charge in [-0.05, 0) is 59.1 Å². The molecule has 37 heavy (non-hydrogen) atoms. The van der Waals surface area contributed by atoms with Crippen LogP contribution in [0.15, 0.2) is 60.2 Å². The molecule has 6 rings (SSSR count). The Morgan fingerprint density at radius 3 is 2.68 bits per heavy atom. The molecule has 0 amide bonds. The summed E-state index contributed by atoms with van der Waals surface area (Å²) in [6.07, 6.45) is 3.53. The topological polar surface area (TPSA) is 75.5 Å². The number of hydrogen-bond acceptors (Lipinski definition) is 5. The van der Waals surface area contributed by atoms with Gasteiger partial charge in [0.2, 0.25) is 0 Å². The van der Waals surface area contributed by atoms with E-state index < -0.39 is 6.04 Å². The number of carbonyl (C=O) groups is 1. The Morgan fingerprint density at radius 2 is 1.89 bits per heavy atom. The van der Waals surface area contributed by atoms with Crippen LogP contribution in [0, 0.1) is 21.4 Å². The smallest absolute Gasteiger partial charge is 0.269 e. The predicted octanol–water partition coefficient (Wildman–Crippen LogP) is 7.29. The van der Waals surface area contributed by atoms with Crippen molar-refractivity contribution in [2.45, 2.75) is 52.5 Å². The van der Waals surface area contributed by atoms with Crippen LogP contribution >= 0.6 is 0 Å². The minimum absolute atomic E-state index is 0.0562. The molecule has 2 unspecified atom stereocenters. The first-order chi connectivity index (χ1) is 17.7. The van der Waals surface area contributed by atoms with Crippen LogP contribution in [-0.4, -0.2) is 23.8 Å². The summed E-state index contributed by atoms with van der Waals surface area (Å²) in [4.78, 5) is 27.7. The summed E-state index contributed by atoms with van der Waals surface area (Å²) < 4.78 is 0. The average molecular weight is 496 g/mol. The molecule has 3 aromatic carbocycles. The highest BCUT2D eigenvalue weighted by Crippen LogP contribution is 2.53. The van der Waals surface area contributed by atoms with Gasteiger partial charge in [0.05, 0.1) is 11.0 Å². The number of rotatable bonds is 3. The zero-order valence-electron chi connectivity index (χ0n) is 21.7. The third-order valence-corrected chi connectivity index (χ3v) is 8.27. The lowest BCUT2D eigenvalue weighted by molar-refractivity contribution is -0.384. The van der Waals surface area contributed by atoms with Crippen molar-refractivity contribution < 1.29 is 9.72 Å². The standard InChI is InChI=1S/C31H33N3O3/c1-19-7-6-14-33(18-19)26-13-11-21(34(36)37)15-23(26)30-29-24(16-31(2,3)17-27(29)35)28-22-9-5-4-8-20(22)10-12-25(28)32-30/h4-5,8-13,15,19,30,32H,6-7,14,16-18H2,1-3H3. The van der Waals surface area contributed by atoms with E-state index >= 15 is 0 Å². The van der Waals surface area contributed by atoms with Crippen LogP contribution in [0.5, 0.6) is 0 Å². The van der Waals surface area contributed by atoms with Gasteiger partial charge in [-0.15, -0.1) is 0 Å². The first-order valence-electron chi connectivity index (χ1n) is 13.3. The summed E-state index contributed by atoms with van der Waals surface area (Å²) in [5.41, 5.74) is 5.66. The van der Waals surface area contributed by atoms with Crippen molar-refractivity contribution >= 4 is 39.2 Å². The molecule has 0 saturated carbocycles. The highest BCUT2D eigenvalue weighted by molar-refractivity contribution is 6.13. The summed E-state index contributed by atoms with van der Waals surface area (Å²) in [7, 11) is 0. The van der Waals surface area contributed by atoms with Gasteiger partial charge in [0, 0.05) is 59.7 Å². The van der Waals surface area contributed by atoms with Gasteiger partial charge in [-0.1, -0.05) is 51.1 Å². The number of allylic oxidation sites excluding steroid dienone is 1. The molecule has 0 radical (unpaired) electrons. The maximum atomic E-state index is 13.9. The van der Waals surface area contributed by atoms with E-state index in [1.807, 2.05) is 18.2 Å². The molecule has 3 aromatic rings. The van der Waals surface area contributed by atoms with Gasteiger partial charge in [-0.3, -0.25) is 14.9 Å². The number of Topliss-reactive ketones (excluding diaryl/α,β-unsaturated/α-hetero) is 1. The molecular formula is C31H33N3O3. The van der Waals surface area contributed by atoms with Crippen molar-refractivity contribution in [1.82, 2.24) is 0 Å². The average Bonchev–Trinajstić information content (AvgIpc) is 2.86. The lowest BCUT2D eigenvalue weighted by Crippen LogP contribution is -2.37. The number of anilines is 2. The van der Waals surface area contributed by atoms with Crippen molar-refractivity contribution in [3.63, 3.8) is 0 Å². The Labute approximate surface area is 217 Å². The van der Waals surface area contributed by atoms with E-state index in [2.05, 4.69) is 55.3 Å². The van der Waals surface area contributed by atoms with Crippen LogP contribution in [0.2, 0.25) is 0 Å². The Hall–Kier alpha value is -3.67. The Bertz CT molecular complexity index is 1470. The SMILES string of the molecule is CC1CCCN(c2ccc([N+](=O)[O-])cc2C2Nc3ccc4ccccc4c3C3=C2C(=O)CC(C)(C)C3)C1. The molecule has 6 nitrogen and oxygen atoms in total. The summed E-state index contributed by atoms with van der Waals surface area (Å²) in [5, 5.41) is 17.8. The molecule has 2 atom stereocenters. The number of nitrogens with one attached hydrogen (secondary N) is 1. The third-order valence-electron chi connectivity index (χ3n) is 8.27. The normalized spacial score (nSPS) is 22.9. The molecule has 1 saturated heterocycles. The molecule has 2 heterocycles. The summed E-state index contributed by atoms with van der Waals surface area (Å²) in [5.74, 6) is 0.682. The number of benzene rings is 3. The third kappa shape index (κ3) is 4.08. The van der Waals surface area contributed by atoms with Crippen molar-refractivity contribution in [1.29, 1.82) is 0 Å².